The smallest absolute Gasteiger partial charge is 0.407 e. The largest absolute Gasteiger partial charge is 0.508 e. The summed E-state index contributed by atoms with van der Waals surface area (Å²) >= 11 is 0. The maximum atomic E-state index is 13.9. The molecule has 2 heterocycles. The first-order valence-corrected chi connectivity index (χ1v) is 13.7. The van der Waals surface area contributed by atoms with E-state index in [1.807, 2.05) is 64.1 Å². The SMILES string of the molecule is CCCOC(=O)N[C@H](C(=O)N1C[C@H](Oc2nc3ccccc3cc2-c2cccc(O)c2)C[C@H]1C(=O)OC)C(C)(C)C. The number of phenolic OH excluding ortho intramolecular Hbond substituents is 1. The Balaban J connectivity index is 1.66. The molecule has 0 spiro atoms. The number of carbonyl (C=O) groups excluding carboxylic acids is 3. The van der Waals surface area contributed by atoms with Crippen LogP contribution in [0.1, 0.15) is 40.5 Å². The monoisotopic (exact) mass is 563 g/mol. The molecular formula is C31H37N3O7. The summed E-state index contributed by atoms with van der Waals surface area (Å²) in [5, 5.41) is 13.7. The van der Waals surface area contributed by atoms with E-state index in [9.17, 15) is 19.5 Å². The molecule has 41 heavy (non-hydrogen) atoms. The topological polar surface area (TPSA) is 127 Å². The zero-order valence-electron chi connectivity index (χ0n) is 24.0. The molecule has 2 N–H and O–H groups in total. The van der Waals surface area contributed by atoms with E-state index in [0.29, 0.717) is 28.9 Å². The molecule has 1 saturated heterocycles. The van der Waals surface area contributed by atoms with Gasteiger partial charge in [-0.3, -0.25) is 4.79 Å². The lowest BCUT2D eigenvalue weighted by atomic mass is 9.85. The van der Waals surface area contributed by atoms with Gasteiger partial charge in [0.1, 0.15) is 23.9 Å². The van der Waals surface area contributed by atoms with Gasteiger partial charge in [0.2, 0.25) is 11.8 Å². The molecular weight excluding hydrogens is 526 g/mol. The second kappa shape index (κ2) is 12.4. The first-order chi connectivity index (χ1) is 19.5. The Hall–Kier alpha value is -4.34. The summed E-state index contributed by atoms with van der Waals surface area (Å²) in [6.45, 7) is 7.65. The summed E-state index contributed by atoms with van der Waals surface area (Å²) in [6.07, 6.45) is -0.480. The van der Waals surface area contributed by atoms with Gasteiger partial charge >= 0.3 is 12.1 Å². The maximum Gasteiger partial charge on any atom is 0.407 e. The zero-order chi connectivity index (χ0) is 29.7. The molecule has 0 radical (unpaired) electrons. The average molecular weight is 564 g/mol. The number of methoxy groups -OCH3 is 1. The highest BCUT2D eigenvalue weighted by molar-refractivity contribution is 5.91. The minimum absolute atomic E-state index is 0.0743. The van der Waals surface area contributed by atoms with E-state index in [1.165, 1.54) is 12.0 Å². The van der Waals surface area contributed by atoms with Crippen LogP contribution in [0.2, 0.25) is 0 Å². The third kappa shape index (κ3) is 6.87. The number of nitrogens with one attached hydrogen (secondary N) is 1. The minimum atomic E-state index is -0.959. The van der Waals surface area contributed by atoms with Gasteiger partial charge in [0, 0.05) is 17.4 Å². The van der Waals surface area contributed by atoms with E-state index in [0.717, 1.165) is 5.39 Å². The van der Waals surface area contributed by atoms with Crippen LogP contribution < -0.4 is 10.1 Å². The second-order valence-electron chi connectivity index (χ2n) is 11.2. The summed E-state index contributed by atoms with van der Waals surface area (Å²) in [4.78, 5) is 45.3. The van der Waals surface area contributed by atoms with Gasteiger partial charge in [0.25, 0.3) is 0 Å². The van der Waals surface area contributed by atoms with Gasteiger partial charge in [-0.2, -0.15) is 0 Å². The highest BCUT2D eigenvalue weighted by Gasteiger charge is 2.46. The Morgan fingerprint density at radius 3 is 2.56 bits per heavy atom. The molecule has 10 heteroatoms. The number of hydrogen-bond donors (Lipinski definition) is 2. The van der Waals surface area contributed by atoms with Gasteiger partial charge < -0.3 is 29.5 Å². The molecule has 3 atom stereocenters. The number of amides is 2. The molecule has 3 aromatic rings. The van der Waals surface area contributed by atoms with Gasteiger partial charge in [0.15, 0.2) is 0 Å². The Labute approximate surface area is 239 Å². The molecule has 1 aliphatic rings. The molecule has 0 saturated carbocycles. The molecule has 0 aliphatic carbocycles. The zero-order valence-corrected chi connectivity index (χ0v) is 24.0. The average Bonchev–Trinajstić information content (AvgIpc) is 3.36. The van der Waals surface area contributed by atoms with E-state index in [4.69, 9.17) is 19.2 Å². The lowest BCUT2D eigenvalue weighted by Crippen LogP contribution is -2.57. The lowest BCUT2D eigenvalue weighted by Gasteiger charge is -2.34. The van der Waals surface area contributed by atoms with Gasteiger partial charge in [-0.25, -0.2) is 14.6 Å². The highest BCUT2D eigenvalue weighted by atomic mass is 16.5. The van der Waals surface area contributed by atoms with Crippen LogP contribution in [0.3, 0.4) is 0 Å². The van der Waals surface area contributed by atoms with Crippen molar-refractivity contribution in [1.29, 1.82) is 0 Å². The number of alkyl carbamates (subject to hydrolysis) is 1. The predicted octanol–water partition coefficient (Wildman–Crippen LogP) is 4.68. The number of aromatic hydroxyl groups is 1. The molecule has 1 fully saturated rings. The number of carbonyl (C=O) groups is 3. The van der Waals surface area contributed by atoms with Crippen molar-refractivity contribution in [3.8, 4) is 22.8 Å². The van der Waals surface area contributed by atoms with Crippen LogP contribution in [0, 0.1) is 5.41 Å². The molecule has 1 aliphatic heterocycles. The molecule has 1 aromatic heterocycles. The van der Waals surface area contributed by atoms with Crippen LogP contribution in [0.25, 0.3) is 22.0 Å². The van der Waals surface area contributed by atoms with Crippen LogP contribution in [-0.4, -0.2) is 71.4 Å². The van der Waals surface area contributed by atoms with Crippen LogP contribution in [0.5, 0.6) is 11.6 Å². The number of benzene rings is 2. The van der Waals surface area contributed by atoms with E-state index in [-0.39, 0.29) is 25.3 Å². The van der Waals surface area contributed by atoms with Crippen molar-refractivity contribution < 1.29 is 33.7 Å². The Morgan fingerprint density at radius 1 is 1.12 bits per heavy atom. The minimum Gasteiger partial charge on any atom is -0.508 e. The fourth-order valence-electron chi connectivity index (χ4n) is 4.88. The van der Waals surface area contributed by atoms with Gasteiger partial charge in [-0.05, 0) is 41.7 Å². The van der Waals surface area contributed by atoms with Crippen LogP contribution in [-0.2, 0) is 19.1 Å². The summed E-state index contributed by atoms with van der Waals surface area (Å²) in [5.41, 5.74) is 1.40. The number of nitrogens with zero attached hydrogens (tertiary/aromatic N) is 2. The number of pyridine rings is 1. The standard InChI is InChI=1S/C31H37N3O7/c1-6-14-40-30(38)33-26(31(2,3)4)28(36)34-18-22(17-25(34)29(37)39-5)41-27-23(19-11-9-12-21(35)15-19)16-20-10-7-8-13-24(20)32-27/h7-13,15-16,22,25-26,35H,6,14,17-18H2,1-5H3,(H,33,38)/t22-,25+,26-/m1/s1. The van der Waals surface area contributed by atoms with E-state index >= 15 is 0 Å². The van der Waals surface area contributed by atoms with Crippen molar-refractivity contribution in [2.75, 3.05) is 20.3 Å². The van der Waals surface area contributed by atoms with Crippen molar-refractivity contribution in [1.82, 2.24) is 15.2 Å². The second-order valence-corrected chi connectivity index (χ2v) is 11.2. The van der Waals surface area contributed by atoms with Crippen LogP contribution >= 0.6 is 0 Å². The Kier molecular flexibility index (Phi) is 9.00. The van der Waals surface area contributed by atoms with Crippen LogP contribution in [0.4, 0.5) is 4.79 Å². The number of likely N-dealkylation sites (tertiary alicyclic amines) is 1. The third-order valence-corrected chi connectivity index (χ3v) is 6.96. The lowest BCUT2D eigenvalue weighted by molar-refractivity contribution is -0.152. The van der Waals surface area contributed by atoms with Crippen molar-refractivity contribution in [3.63, 3.8) is 0 Å². The quantitative estimate of drug-likeness (QED) is 0.378. The first-order valence-electron chi connectivity index (χ1n) is 13.7. The van der Waals surface area contributed by atoms with Crippen molar-refractivity contribution in [2.45, 2.75) is 58.7 Å². The highest BCUT2D eigenvalue weighted by Crippen LogP contribution is 2.36. The number of ether oxygens (including phenoxy) is 3. The van der Waals surface area contributed by atoms with E-state index in [2.05, 4.69) is 5.32 Å². The molecule has 0 bridgehead atoms. The maximum absolute atomic E-state index is 13.9. The number of phenols is 1. The van der Waals surface area contributed by atoms with Crippen molar-refractivity contribution in [3.05, 3.63) is 54.6 Å². The summed E-state index contributed by atoms with van der Waals surface area (Å²) < 4.78 is 16.6. The molecule has 2 amide bonds. The number of aromatic nitrogens is 1. The Morgan fingerprint density at radius 2 is 1.88 bits per heavy atom. The molecule has 0 unspecified atom stereocenters. The van der Waals surface area contributed by atoms with Crippen molar-refractivity contribution in [2.24, 2.45) is 5.41 Å². The number of rotatable bonds is 8. The van der Waals surface area contributed by atoms with E-state index < -0.39 is 41.6 Å². The number of para-hydroxylation sites is 1. The normalized spacial score (nSPS) is 17.6. The Bertz CT molecular complexity index is 1420. The number of esters is 1. The fourth-order valence-corrected chi connectivity index (χ4v) is 4.88. The molecule has 2 aromatic carbocycles. The van der Waals surface area contributed by atoms with Crippen molar-refractivity contribution >= 4 is 28.9 Å². The fraction of sp³-hybridized carbons (Fsp3) is 0.419. The van der Waals surface area contributed by atoms with E-state index in [1.54, 1.807) is 18.2 Å². The number of fused-ring (bicyclic) bond motifs is 1. The first kappa shape index (κ1) is 29.6. The molecule has 10 nitrogen and oxygen atoms in total. The number of hydrogen-bond acceptors (Lipinski definition) is 8. The van der Waals surface area contributed by atoms with Gasteiger partial charge in [-0.1, -0.05) is 58.0 Å². The predicted molar refractivity (Wildman–Crippen MR) is 153 cm³/mol. The summed E-state index contributed by atoms with van der Waals surface area (Å²) in [7, 11) is 1.27. The summed E-state index contributed by atoms with van der Waals surface area (Å²) in [6, 6.07) is 14.4. The molecule has 218 valence electrons. The van der Waals surface area contributed by atoms with Crippen LogP contribution in [0.15, 0.2) is 54.6 Å². The molecule has 4 rings (SSSR count). The van der Waals surface area contributed by atoms with Gasteiger partial charge in [-0.15, -0.1) is 0 Å². The third-order valence-electron chi connectivity index (χ3n) is 6.96. The van der Waals surface area contributed by atoms with Gasteiger partial charge in [0.05, 0.1) is 25.8 Å². The summed E-state index contributed by atoms with van der Waals surface area (Å²) in [5.74, 6) is -0.605.